The van der Waals surface area contributed by atoms with E-state index in [9.17, 15) is 4.79 Å². The van der Waals surface area contributed by atoms with Crippen molar-refractivity contribution in [2.24, 2.45) is 0 Å². The van der Waals surface area contributed by atoms with E-state index in [1.165, 1.54) is 7.11 Å². The summed E-state index contributed by atoms with van der Waals surface area (Å²) in [6.07, 6.45) is 3.53. The molecule has 1 aliphatic rings. The van der Waals surface area contributed by atoms with E-state index in [4.69, 9.17) is 21.1 Å². The minimum absolute atomic E-state index is 0.255. The third-order valence-electron chi connectivity index (χ3n) is 4.72. The Morgan fingerprint density at radius 2 is 2.14 bits per heavy atom. The number of nitrogens with one attached hydrogen (secondary N) is 1. The van der Waals surface area contributed by atoms with Crippen LogP contribution in [0.1, 0.15) is 33.4 Å². The summed E-state index contributed by atoms with van der Waals surface area (Å²) in [5, 5.41) is 3.62. The number of aryl methyl sites for hydroxylation is 1. The van der Waals surface area contributed by atoms with E-state index in [1.54, 1.807) is 29.1 Å². The van der Waals surface area contributed by atoms with Gasteiger partial charge in [-0.25, -0.2) is 9.97 Å². The van der Waals surface area contributed by atoms with Crippen molar-refractivity contribution in [3.8, 4) is 17.3 Å². The number of hydrogen-bond acceptors (Lipinski definition) is 5. The van der Waals surface area contributed by atoms with Gasteiger partial charge in [0, 0.05) is 16.8 Å². The zero-order chi connectivity index (χ0) is 19.8. The molecule has 0 saturated carbocycles. The Bertz CT molecular complexity index is 1060. The molecule has 7 nitrogen and oxygen atoms in total. The number of fused-ring (bicyclic) bond motifs is 1. The average molecular weight is 399 g/mol. The van der Waals surface area contributed by atoms with E-state index in [0.29, 0.717) is 23.2 Å². The van der Waals surface area contributed by atoms with Gasteiger partial charge in [-0.05, 0) is 43.7 Å². The van der Waals surface area contributed by atoms with E-state index >= 15 is 0 Å². The monoisotopic (exact) mass is 398 g/mol. The van der Waals surface area contributed by atoms with E-state index in [1.807, 2.05) is 26.1 Å². The molecule has 1 atom stereocenters. The Morgan fingerprint density at radius 3 is 2.86 bits per heavy atom. The lowest BCUT2D eigenvalue weighted by Crippen LogP contribution is -2.30. The summed E-state index contributed by atoms with van der Waals surface area (Å²) in [6.45, 7) is 4.16. The van der Waals surface area contributed by atoms with Gasteiger partial charge in [0.05, 0.1) is 25.2 Å². The number of methoxy groups -OCH3 is 1. The van der Waals surface area contributed by atoms with Gasteiger partial charge in [0.15, 0.2) is 0 Å². The van der Waals surface area contributed by atoms with Gasteiger partial charge in [-0.3, -0.25) is 4.79 Å². The zero-order valence-electron chi connectivity index (χ0n) is 15.7. The lowest BCUT2D eigenvalue weighted by molar-refractivity contribution is 0.0924. The van der Waals surface area contributed by atoms with Crippen molar-refractivity contribution in [1.82, 2.24) is 19.9 Å². The molecular weight excluding hydrogens is 380 g/mol. The number of nitrogens with zero attached hydrogens (tertiary/aromatic N) is 3. The molecule has 0 radical (unpaired) electrons. The highest BCUT2D eigenvalue weighted by Crippen LogP contribution is 2.38. The lowest BCUT2D eigenvalue weighted by Gasteiger charge is -2.15. The summed E-state index contributed by atoms with van der Waals surface area (Å²) in [6, 6.07) is 6.76. The van der Waals surface area contributed by atoms with Gasteiger partial charge in [0.25, 0.3) is 5.91 Å². The second kappa shape index (κ2) is 7.16. The van der Waals surface area contributed by atoms with Gasteiger partial charge >= 0.3 is 0 Å². The Labute approximate surface area is 167 Å². The molecule has 144 valence electrons. The first-order valence-corrected chi connectivity index (χ1v) is 9.14. The van der Waals surface area contributed by atoms with Crippen LogP contribution in [0.15, 0.2) is 36.8 Å². The highest BCUT2D eigenvalue weighted by molar-refractivity contribution is 6.31. The third-order valence-corrected chi connectivity index (χ3v) is 5.13. The SMILES string of the molecule is COc1nc(C(=O)NC2COc3ccc(Cl)c(C)c32)ccc1-n1cnc(C)c1. The first-order chi connectivity index (χ1) is 13.5. The Kier molecular flexibility index (Phi) is 4.68. The van der Waals surface area contributed by atoms with Crippen molar-refractivity contribution in [3.05, 3.63) is 64.3 Å². The zero-order valence-corrected chi connectivity index (χ0v) is 16.4. The first-order valence-electron chi connectivity index (χ1n) is 8.76. The maximum Gasteiger partial charge on any atom is 0.270 e. The van der Waals surface area contributed by atoms with Crippen LogP contribution in [0.5, 0.6) is 11.6 Å². The quantitative estimate of drug-likeness (QED) is 0.728. The fourth-order valence-corrected chi connectivity index (χ4v) is 3.46. The van der Waals surface area contributed by atoms with Crippen molar-refractivity contribution >= 4 is 17.5 Å². The molecule has 0 saturated heterocycles. The molecule has 2 aromatic heterocycles. The summed E-state index contributed by atoms with van der Waals surface area (Å²) in [7, 11) is 1.52. The largest absolute Gasteiger partial charge is 0.491 e. The number of amides is 1. The molecule has 1 N–H and O–H groups in total. The van der Waals surface area contributed by atoms with Crippen LogP contribution in [0.2, 0.25) is 5.02 Å². The van der Waals surface area contributed by atoms with Gasteiger partial charge in [-0.2, -0.15) is 0 Å². The second-order valence-corrected chi connectivity index (χ2v) is 6.98. The van der Waals surface area contributed by atoms with Crippen molar-refractivity contribution in [1.29, 1.82) is 0 Å². The van der Waals surface area contributed by atoms with Crippen LogP contribution in [0.3, 0.4) is 0 Å². The molecule has 1 aliphatic heterocycles. The number of hydrogen-bond donors (Lipinski definition) is 1. The molecule has 0 spiro atoms. The van der Waals surface area contributed by atoms with Gasteiger partial charge < -0.3 is 19.4 Å². The topological polar surface area (TPSA) is 78.3 Å². The van der Waals surface area contributed by atoms with E-state index < -0.39 is 0 Å². The fraction of sp³-hybridized carbons (Fsp3) is 0.250. The van der Waals surface area contributed by atoms with Crippen molar-refractivity contribution in [2.45, 2.75) is 19.9 Å². The Balaban J connectivity index is 1.59. The number of ether oxygens (including phenoxy) is 2. The van der Waals surface area contributed by atoms with Crippen LogP contribution >= 0.6 is 11.6 Å². The number of benzene rings is 1. The van der Waals surface area contributed by atoms with Crippen LogP contribution < -0.4 is 14.8 Å². The van der Waals surface area contributed by atoms with E-state index in [-0.39, 0.29) is 17.6 Å². The molecule has 3 aromatic rings. The van der Waals surface area contributed by atoms with Gasteiger partial charge in [0.1, 0.15) is 23.7 Å². The molecule has 8 heteroatoms. The van der Waals surface area contributed by atoms with Crippen molar-refractivity contribution < 1.29 is 14.3 Å². The third kappa shape index (κ3) is 3.18. The standard InChI is InChI=1S/C20H19ClN4O3/c1-11-8-25(10-22-11)16-6-5-14(24-20(16)27-3)19(26)23-15-9-28-17-7-4-13(21)12(2)18(15)17/h4-8,10,15H,9H2,1-3H3,(H,23,26). The molecule has 4 rings (SSSR count). The normalized spacial score (nSPS) is 15.1. The van der Waals surface area contributed by atoms with Crippen molar-refractivity contribution in [3.63, 3.8) is 0 Å². The molecule has 28 heavy (non-hydrogen) atoms. The Morgan fingerprint density at radius 1 is 1.32 bits per heavy atom. The maximum atomic E-state index is 12.8. The molecule has 0 aliphatic carbocycles. The maximum absolute atomic E-state index is 12.8. The smallest absolute Gasteiger partial charge is 0.270 e. The minimum atomic E-state index is -0.313. The molecule has 0 bridgehead atoms. The lowest BCUT2D eigenvalue weighted by atomic mass is 10.0. The van der Waals surface area contributed by atoms with Crippen LogP contribution in [0.4, 0.5) is 0 Å². The first kappa shape index (κ1) is 18.3. The summed E-state index contributed by atoms with van der Waals surface area (Å²) < 4.78 is 12.9. The second-order valence-electron chi connectivity index (χ2n) is 6.57. The molecule has 1 unspecified atom stereocenters. The van der Waals surface area contributed by atoms with Crippen LogP contribution in [-0.2, 0) is 0 Å². The molecule has 1 aromatic carbocycles. The highest BCUT2D eigenvalue weighted by Gasteiger charge is 2.29. The van der Waals surface area contributed by atoms with Gasteiger partial charge in [-0.15, -0.1) is 0 Å². The molecule has 0 fully saturated rings. The Hall–Kier alpha value is -3.06. The number of halogens is 1. The van der Waals surface area contributed by atoms with Gasteiger partial charge in [-0.1, -0.05) is 11.6 Å². The van der Waals surface area contributed by atoms with Crippen LogP contribution in [-0.4, -0.2) is 34.2 Å². The average Bonchev–Trinajstić information content (AvgIpc) is 3.31. The summed E-state index contributed by atoms with van der Waals surface area (Å²) >= 11 is 6.22. The van der Waals surface area contributed by atoms with E-state index in [0.717, 1.165) is 22.6 Å². The van der Waals surface area contributed by atoms with Gasteiger partial charge in [0.2, 0.25) is 5.88 Å². The molecule has 3 heterocycles. The number of imidazole rings is 1. The number of carbonyl (C=O) groups is 1. The van der Waals surface area contributed by atoms with Crippen LogP contribution in [0.25, 0.3) is 5.69 Å². The summed E-state index contributed by atoms with van der Waals surface area (Å²) in [5.41, 5.74) is 3.64. The van der Waals surface area contributed by atoms with E-state index in [2.05, 4.69) is 15.3 Å². The fourth-order valence-electron chi connectivity index (χ4n) is 3.30. The predicted molar refractivity (Wildman–Crippen MR) is 105 cm³/mol. The molecule has 1 amide bonds. The molecular formula is C20H19ClN4O3. The highest BCUT2D eigenvalue weighted by atomic mass is 35.5. The number of rotatable bonds is 4. The summed E-state index contributed by atoms with van der Waals surface area (Å²) in [4.78, 5) is 21.4. The van der Waals surface area contributed by atoms with Crippen molar-refractivity contribution in [2.75, 3.05) is 13.7 Å². The predicted octanol–water partition coefficient (Wildman–Crippen LogP) is 3.41. The number of carbonyl (C=O) groups excluding carboxylic acids is 1. The van der Waals surface area contributed by atoms with Crippen LogP contribution in [0, 0.1) is 13.8 Å². The number of pyridine rings is 1. The number of aromatic nitrogens is 3. The summed E-state index contributed by atoms with van der Waals surface area (Å²) in [5.74, 6) is 0.767. The minimum Gasteiger partial charge on any atom is -0.491 e.